The molecule has 29 heavy (non-hydrogen) atoms. The van der Waals surface area contributed by atoms with Crippen molar-refractivity contribution in [2.24, 2.45) is 0 Å². The molecule has 0 aliphatic carbocycles. The zero-order chi connectivity index (χ0) is 20.5. The van der Waals surface area contributed by atoms with Crippen LogP contribution in [-0.2, 0) is 6.54 Å². The van der Waals surface area contributed by atoms with E-state index in [4.69, 9.17) is 11.6 Å². The van der Waals surface area contributed by atoms with Gasteiger partial charge in [0.05, 0.1) is 23.0 Å². The maximum absolute atomic E-state index is 13.3. The first-order valence-electron chi connectivity index (χ1n) is 9.26. The van der Waals surface area contributed by atoms with Gasteiger partial charge >= 0.3 is 0 Å². The van der Waals surface area contributed by atoms with E-state index in [2.05, 4.69) is 15.1 Å². The molecule has 0 aliphatic rings. The Hall–Kier alpha value is -3.25. The van der Waals surface area contributed by atoms with Crippen LogP contribution in [-0.4, -0.2) is 25.5 Å². The molecule has 4 aromatic rings. The first-order chi connectivity index (χ1) is 13.9. The normalized spacial score (nSPS) is 11.0. The van der Waals surface area contributed by atoms with Crippen molar-refractivity contribution in [1.82, 2.24) is 19.6 Å². The van der Waals surface area contributed by atoms with Crippen molar-refractivity contribution >= 4 is 29.0 Å². The van der Waals surface area contributed by atoms with Crippen molar-refractivity contribution < 1.29 is 4.79 Å². The number of halogens is 1. The highest BCUT2D eigenvalue weighted by Crippen LogP contribution is 2.22. The van der Waals surface area contributed by atoms with Crippen molar-refractivity contribution in [3.05, 3.63) is 88.0 Å². The summed E-state index contributed by atoms with van der Waals surface area (Å²) in [4.78, 5) is 23.9. The third-order valence-corrected chi connectivity index (χ3v) is 5.31. The monoisotopic (exact) mass is 405 g/mol. The molecule has 0 radical (unpaired) electrons. The van der Waals surface area contributed by atoms with Gasteiger partial charge in [-0.2, -0.15) is 9.50 Å². The molecule has 7 heteroatoms. The Morgan fingerprint density at radius 3 is 2.38 bits per heavy atom. The van der Waals surface area contributed by atoms with Gasteiger partial charge in [0.1, 0.15) is 0 Å². The maximum atomic E-state index is 13.3. The van der Waals surface area contributed by atoms with Gasteiger partial charge in [0.2, 0.25) is 0 Å². The summed E-state index contributed by atoms with van der Waals surface area (Å²) in [5, 5.41) is 5.10. The van der Waals surface area contributed by atoms with Gasteiger partial charge in [-0.15, -0.1) is 5.10 Å². The third kappa shape index (κ3) is 3.71. The van der Waals surface area contributed by atoms with Gasteiger partial charge in [-0.25, -0.2) is 4.98 Å². The highest BCUT2D eigenvalue weighted by atomic mass is 35.5. The van der Waals surface area contributed by atoms with E-state index in [9.17, 15) is 4.79 Å². The fraction of sp³-hybridized carbons (Fsp3) is 0.182. The van der Waals surface area contributed by atoms with E-state index in [-0.39, 0.29) is 12.5 Å². The van der Waals surface area contributed by atoms with Crippen LogP contribution in [0.4, 0.5) is 5.69 Å². The minimum absolute atomic E-state index is 0.118. The Morgan fingerprint density at radius 1 is 1.00 bits per heavy atom. The van der Waals surface area contributed by atoms with E-state index < -0.39 is 0 Å². The van der Waals surface area contributed by atoms with Crippen LogP contribution in [0.15, 0.2) is 54.6 Å². The van der Waals surface area contributed by atoms with Gasteiger partial charge in [0.25, 0.3) is 11.7 Å². The van der Waals surface area contributed by atoms with Crippen LogP contribution in [0.3, 0.4) is 0 Å². The predicted molar refractivity (Wildman–Crippen MR) is 113 cm³/mol. The molecule has 2 heterocycles. The minimum atomic E-state index is -0.118. The standard InChI is InChI=1S/C22H20ClN5O/c1-14-9-11-18(12-10-14)27(21(29)17-7-5-4-6-8-17)13-19-25-22-24-15(2)20(23)16(3)28(22)26-19/h4-12H,13H2,1-3H3. The lowest BCUT2D eigenvalue weighted by Crippen LogP contribution is -2.31. The summed E-state index contributed by atoms with van der Waals surface area (Å²) in [6.07, 6.45) is 0. The van der Waals surface area contributed by atoms with E-state index in [0.717, 1.165) is 16.9 Å². The van der Waals surface area contributed by atoms with Gasteiger partial charge in [-0.05, 0) is 45.0 Å². The second-order valence-electron chi connectivity index (χ2n) is 6.93. The van der Waals surface area contributed by atoms with Crippen molar-refractivity contribution in [3.63, 3.8) is 0 Å². The molecule has 0 atom stereocenters. The number of aromatic nitrogens is 4. The molecule has 4 rings (SSSR count). The Labute approximate surface area is 173 Å². The van der Waals surface area contributed by atoms with Crippen LogP contribution in [0.5, 0.6) is 0 Å². The average Bonchev–Trinajstić information content (AvgIpc) is 3.14. The molecule has 0 fully saturated rings. The molecule has 1 amide bonds. The number of hydrogen-bond donors (Lipinski definition) is 0. The SMILES string of the molecule is Cc1ccc(N(Cc2nc3nc(C)c(Cl)c(C)n3n2)C(=O)c2ccccc2)cc1. The first kappa shape index (κ1) is 19.1. The molecule has 0 saturated carbocycles. The van der Waals surface area contributed by atoms with Crippen molar-refractivity contribution in [2.75, 3.05) is 4.90 Å². The number of aryl methyl sites for hydroxylation is 3. The quantitative estimate of drug-likeness (QED) is 0.499. The number of amides is 1. The van der Waals surface area contributed by atoms with E-state index in [1.165, 1.54) is 0 Å². The number of benzene rings is 2. The molecule has 0 saturated heterocycles. The van der Waals surface area contributed by atoms with E-state index >= 15 is 0 Å². The van der Waals surface area contributed by atoms with Crippen LogP contribution >= 0.6 is 11.6 Å². The molecular formula is C22H20ClN5O. The van der Waals surface area contributed by atoms with Crippen LogP contribution in [0, 0.1) is 20.8 Å². The molecule has 0 aliphatic heterocycles. The minimum Gasteiger partial charge on any atom is -0.301 e. The number of hydrogen-bond acceptors (Lipinski definition) is 4. The molecule has 0 unspecified atom stereocenters. The second kappa shape index (κ2) is 7.64. The Balaban J connectivity index is 1.76. The van der Waals surface area contributed by atoms with Crippen LogP contribution in [0.25, 0.3) is 5.78 Å². The summed E-state index contributed by atoms with van der Waals surface area (Å²) < 4.78 is 1.62. The smallest absolute Gasteiger partial charge is 0.258 e. The maximum Gasteiger partial charge on any atom is 0.258 e. The van der Waals surface area contributed by atoms with Crippen LogP contribution in [0.1, 0.15) is 33.1 Å². The number of rotatable bonds is 4. The molecular weight excluding hydrogens is 386 g/mol. The Morgan fingerprint density at radius 2 is 1.69 bits per heavy atom. The lowest BCUT2D eigenvalue weighted by molar-refractivity contribution is 0.0984. The van der Waals surface area contributed by atoms with Crippen molar-refractivity contribution in [2.45, 2.75) is 27.3 Å². The number of anilines is 1. The van der Waals surface area contributed by atoms with Crippen molar-refractivity contribution in [1.29, 1.82) is 0 Å². The molecule has 146 valence electrons. The van der Waals surface area contributed by atoms with E-state index in [1.807, 2.05) is 63.2 Å². The summed E-state index contributed by atoms with van der Waals surface area (Å²) in [5.41, 5.74) is 3.97. The molecule has 0 N–H and O–H groups in total. The third-order valence-electron chi connectivity index (χ3n) is 4.77. The molecule has 6 nitrogen and oxygen atoms in total. The number of carbonyl (C=O) groups excluding carboxylic acids is 1. The zero-order valence-corrected chi connectivity index (χ0v) is 17.2. The number of fused-ring (bicyclic) bond motifs is 1. The Kier molecular flexibility index (Phi) is 5.03. The van der Waals surface area contributed by atoms with Gasteiger partial charge in [-0.3, -0.25) is 4.79 Å². The fourth-order valence-corrected chi connectivity index (χ4v) is 3.27. The molecule has 2 aromatic carbocycles. The summed E-state index contributed by atoms with van der Waals surface area (Å²) in [6.45, 7) is 5.93. The largest absolute Gasteiger partial charge is 0.301 e. The topological polar surface area (TPSA) is 63.4 Å². The zero-order valence-electron chi connectivity index (χ0n) is 16.4. The summed E-state index contributed by atoms with van der Waals surface area (Å²) in [6, 6.07) is 17.0. The van der Waals surface area contributed by atoms with E-state index in [0.29, 0.717) is 27.9 Å². The van der Waals surface area contributed by atoms with Gasteiger partial charge in [-0.1, -0.05) is 47.5 Å². The molecule has 2 aromatic heterocycles. The first-order valence-corrected chi connectivity index (χ1v) is 9.64. The number of nitrogens with zero attached hydrogens (tertiary/aromatic N) is 5. The second-order valence-corrected chi connectivity index (χ2v) is 7.31. The summed E-state index contributed by atoms with van der Waals surface area (Å²) in [5.74, 6) is 0.842. The van der Waals surface area contributed by atoms with Crippen LogP contribution in [0.2, 0.25) is 5.02 Å². The van der Waals surface area contributed by atoms with Gasteiger partial charge < -0.3 is 4.90 Å². The number of carbonyl (C=O) groups is 1. The highest BCUT2D eigenvalue weighted by molar-refractivity contribution is 6.31. The average molecular weight is 406 g/mol. The summed E-state index contributed by atoms with van der Waals surface area (Å²) in [7, 11) is 0. The Bertz CT molecular complexity index is 1190. The van der Waals surface area contributed by atoms with Gasteiger partial charge in [0.15, 0.2) is 5.82 Å². The lowest BCUT2D eigenvalue weighted by Gasteiger charge is -2.21. The summed E-state index contributed by atoms with van der Waals surface area (Å²) >= 11 is 6.30. The fourth-order valence-electron chi connectivity index (χ4n) is 3.15. The highest BCUT2D eigenvalue weighted by Gasteiger charge is 2.21. The predicted octanol–water partition coefficient (Wildman–Crippen LogP) is 4.55. The van der Waals surface area contributed by atoms with E-state index in [1.54, 1.807) is 21.5 Å². The van der Waals surface area contributed by atoms with Gasteiger partial charge in [0, 0.05) is 11.3 Å². The molecule has 0 spiro atoms. The lowest BCUT2D eigenvalue weighted by atomic mass is 10.1. The van der Waals surface area contributed by atoms with Crippen LogP contribution < -0.4 is 4.90 Å². The molecule has 0 bridgehead atoms. The van der Waals surface area contributed by atoms with Crippen molar-refractivity contribution in [3.8, 4) is 0 Å².